The van der Waals surface area contributed by atoms with E-state index in [0.29, 0.717) is 17.3 Å². The number of aromatic nitrogens is 1. The van der Waals surface area contributed by atoms with Gasteiger partial charge in [0.15, 0.2) is 0 Å². The predicted molar refractivity (Wildman–Crippen MR) is 56.0 cm³/mol. The van der Waals surface area contributed by atoms with Gasteiger partial charge in [0.05, 0.1) is 12.1 Å². The van der Waals surface area contributed by atoms with Crippen LogP contribution < -0.4 is 10.5 Å². The molecule has 0 spiro atoms. The zero-order valence-corrected chi connectivity index (χ0v) is 8.52. The highest BCUT2D eigenvalue weighted by atomic mass is 32.1. The van der Waals surface area contributed by atoms with Crippen LogP contribution in [0.25, 0.3) is 0 Å². The van der Waals surface area contributed by atoms with E-state index in [-0.39, 0.29) is 0 Å². The molecule has 0 fully saturated rings. The van der Waals surface area contributed by atoms with Crippen molar-refractivity contribution in [3.8, 4) is 5.88 Å². The molecule has 0 saturated carbocycles. The summed E-state index contributed by atoms with van der Waals surface area (Å²) in [7, 11) is 1.59. The molecular weight excluding hydrogens is 184 g/mol. The van der Waals surface area contributed by atoms with Crippen LogP contribution in [-0.4, -0.2) is 17.1 Å². The molecule has 1 aromatic heterocycles. The lowest BCUT2D eigenvalue weighted by atomic mass is 10.1. The summed E-state index contributed by atoms with van der Waals surface area (Å²) in [5.41, 5.74) is 7.38. The van der Waals surface area contributed by atoms with Crippen molar-refractivity contribution in [3.63, 3.8) is 0 Å². The summed E-state index contributed by atoms with van der Waals surface area (Å²) in [5.74, 6) is 0.603. The van der Waals surface area contributed by atoms with E-state index in [1.54, 1.807) is 7.11 Å². The molecule has 0 amide bonds. The molecule has 0 saturated heterocycles. The van der Waals surface area contributed by atoms with E-state index in [2.05, 4.69) is 4.98 Å². The Morgan fingerprint density at radius 1 is 1.62 bits per heavy atom. The van der Waals surface area contributed by atoms with Gasteiger partial charge in [-0.05, 0) is 18.6 Å². The SMILES string of the molecule is COc1cc(CC(N)=S)cc(C)n1. The second kappa shape index (κ2) is 4.18. The van der Waals surface area contributed by atoms with Crippen LogP contribution in [-0.2, 0) is 6.42 Å². The van der Waals surface area contributed by atoms with Crippen molar-refractivity contribution in [2.45, 2.75) is 13.3 Å². The quantitative estimate of drug-likeness (QED) is 0.739. The third-order valence-electron chi connectivity index (χ3n) is 1.58. The average Bonchev–Trinajstić information content (AvgIpc) is 2.01. The fourth-order valence-electron chi connectivity index (χ4n) is 1.11. The van der Waals surface area contributed by atoms with Gasteiger partial charge in [-0.3, -0.25) is 0 Å². The molecule has 0 aliphatic carbocycles. The number of thiocarbonyl (C=S) groups is 1. The van der Waals surface area contributed by atoms with Gasteiger partial charge in [-0.2, -0.15) is 0 Å². The Morgan fingerprint density at radius 3 is 2.85 bits per heavy atom. The Labute approximate surface area is 82.9 Å². The maximum absolute atomic E-state index is 5.44. The van der Waals surface area contributed by atoms with Gasteiger partial charge in [-0.15, -0.1) is 0 Å². The van der Waals surface area contributed by atoms with Crippen molar-refractivity contribution in [3.05, 3.63) is 23.4 Å². The number of pyridine rings is 1. The van der Waals surface area contributed by atoms with E-state index in [4.69, 9.17) is 22.7 Å². The van der Waals surface area contributed by atoms with Crippen LogP contribution >= 0.6 is 12.2 Å². The van der Waals surface area contributed by atoms with Gasteiger partial charge < -0.3 is 10.5 Å². The van der Waals surface area contributed by atoms with Crippen molar-refractivity contribution < 1.29 is 4.74 Å². The third kappa shape index (κ3) is 2.99. The number of ether oxygens (including phenoxy) is 1. The summed E-state index contributed by atoms with van der Waals surface area (Å²) in [5, 5.41) is 0. The minimum Gasteiger partial charge on any atom is -0.481 e. The van der Waals surface area contributed by atoms with Gasteiger partial charge in [0.2, 0.25) is 5.88 Å². The van der Waals surface area contributed by atoms with E-state index in [9.17, 15) is 0 Å². The fraction of sp³-hybridized carbons (Fsp3) is 0.333. The van der Waals surface area contributed by atoms with Crippen LogP contribution in [0, 0.1) is 6.92 Å². The zero-order chi connectivity index (χ0) is 9.84. The van der Waals surface area contributed by atoms with Gasteiger partial charge in [-0.25, -0.2) is 4.98 Å². The normalized spacial score (nSPS) is 9.69. The van der Waals surface area contributed by atoms with Crippen LogP contribution in [0.5, 0.6) is 5.88 Å². The van der Waals surface area contributed by atoms with Crippen LogP contribution in [0.2, 0.25) is 0 Å². The molecule has 1 aromatic rings. The van der Waals surface area contributed by atoms with Crippen molar-refractivity contribution in [1.82, 2.24) is 4.98 Å². The van der Waals surface area contributed by atoms with Crippen LogP contribution in [0.3, 0.4) is 0 Å². The van der Waals surface area contributed by atoms with Gasteiger partial charge in [0, 0.05) is 18.2 Å². The Bertz CT molecular complexity index is 325. The first-order valence-electron chi connectivity index (χ1n) is 3.91. The highest BCUT2D eigenvalue weighted by Crippen LogP contribution is 2.12. The monoisotopic (exact) mass is 196 g/mol. The molecule has 0 atom stereocenters. The molecule has 0 unspecified atom stereocenters. The number of nitrogens with zero attached hydrogens (tertiary/aromatic N) is 1. The first kappa shape index (κ1) is 9.92. The second-order valence-corrected chi connectivity index (χ2v) is 3.33. The van der Waals surface area contributed by atoms with Crippen molar-refractivity contribution >= 4 is 17.2 Å². The Balaban J connectivity index is 2.94. The second-order valence-electron chi connectivity index (χ2n) is 2.80. The summed E-state index contributed by atoms with van der Waals surface area (Å²) in [6.07, 6.45) is 0.592. The van der Waals surface area contributed by atoms with Crippen molar-refractivity contribution in [2.24, 2.45) is 5.73 Å². The van der Waals surface area contributed by atoms with E-state index in [1.165, 1.54) is 0 Å². The topological polar surface area (TPSA) is 48.1 Å². The summed E-state index contributed by atoms with van der Waals surface area (Å²) in [6, 6.07) is 3.79. The number of rotatable bonds is 3. The first-order valence-corrected chi connectivity index (χ1v) is 4.32. The molecule has 1 rings (SSSR count). The van der Waals surface area contributed by atoms with E-state index < -0.39 is 0 Å². The molecule has 0 aliphatic rings. The number of hydrogen-bond acceptors (Lipinski definition) is 3. The zero-order valence-electron chi connectivity index (χ0n) is 7.70. The average molecular weight is 196 g/mol. The summed E-state index contributed by atoms with van der Waals surface area (Å²) < 4.78 is 5.02. The maximum Gasteiger partial charge on any atom is 0.213 e. The largest absolute Gasteiger partial charge is 0.481 e. The predicted octanol–water partition coefficient (Wildman–Crippen LogP) is 1.23. The number of methoxy groups -OCH3 is 1. The van der Waals surface area contributed by atoms with Gasteiger partial charge in [0.25, 0.3) is 0 Å². The summed E-state index contributed by atoms with van der Waals surface area (Å²) in [6.45, 7) is 1.91. The fourth-order valence-corrected chi connectivity index (χ4v) is 1.28. The molecule has 4 heteroatoms. The third-order valence-corrected chi connectivity index (χ3v) is 1.72. The molecule has 2 N–H and O–H groups in total. The molecule has 0 aliphatic heterocycles. The number of hydrogen-bond donors (Lipinski definition) is 1. The lowest BCUT2D eigenvalue weighted by Crippen LogP contribution is -2.11. The van der Waals surface area contributed by atoms with Gasteiger partial charge in [0.1, 0.15) is 0 Å². The number of aryl methyl sites for hydroxylation is 1. The van der Waals surface area contributed by atoms with E-state index in [0.717, 1.165) is 11.3 Å². The standard InChI is InChI=1S/C9H12N2OS/c1-6-3-7(4-8(10)13)5-9(11-6)12-2/h3,5H,4H2,1-2H3,(H2,10,13). The molecule has 0 bridgehead atoms. The highest BCUT2D eigenvalue weighted by molar-refractivity contribution is 7.80. The van der Waals surface area contributed by atoms with Crippen LogP contribution in [0.4, 0.5) is 0 Å². The van der Waals surface area contributed by atoms with Crippen molar-refractivity contribution in [1.29, 1.82) is 0 Å². The molecule has 13 heavy (non-hydrogen) atoms. The summed E-state index contributed by atoms with van der Waals surface area (Å²) >= 11 is 4.82. The minimum atomic E-state index is 0.479. The van der Waals surface area contributed by atoms with Crippen molar-refractivity contribution in [2.75, 3.05) is 7.11 Å². The molecule has 3 nitrogen and oxygen atoms in total. The molecule has 0 radical (unpaired) electrons. The molecule has 70 valence electrons. The maximum atomic E-state index is 5.44. The highest BCUT2D eigenvalue weighted by Gasteiger charge is 2.00. The first-order chi connectivity index (χ1) is 6.11. The van der Waals surface area contributed by atoms with Crippen LogP contribution in [0.1, 0.15) is 11.3 Å². The van der Waals surface area contributed by atoms with E-state index in [1.807, 2.05) is 19.1 Å². The summed E-state index contributed by atoms with van der Waals surface area (Å²) in [4.78, 5) is 4.63. The Hall–Kier alpha value is -1.16. The minimum absolute atomic E-state index is 0.479. The molecule has 1 heterocycles. The Morgan fingerprint density at radius 2 is 2.31 bits per heavy atom. The molecule has 0 aromatic carbocycles. The smallest absolute Gasteiger partial charge is 0.213 e. The van der Waals surface area contributed by atoms with E-state index >= 15 is 0 Å². The lowest BCUT2D eigenvalue weighted by Gasteiger charge is -2.04. The number of nitrogens with two attached hydrogens (primary N) is 1. The van der Waals surface area contributed by atoms with Gasteiger partial charge in [-0.1, -0.05) is 12.2 Å². The molecular formula is C9H12N2OS. The van der Waals surface area contributed by atoms with Crippen LogP contribution in [0.15, 0.2) is 12.1 Å². The van der Waals surface area contributed by atoms with Gasteiger partial charge >= 0.3 is 0 Å². The Kier molecular flexibility index (Phi) is 3.19. The lowest BCUT2D eigenvalue weighted by molar-refractivity contribution is 0.396.